The first-order valence-electron chi connectivity index (χ1n) is 4.60. The zero-order valence-corrected chi connectivity index (χ0v) is 7.91. The molecule has 11 heavy (non-hydrogen) atoms. The van der Waals surface area contributed by atoms with Crippen LogP contribution in [-0.4, -0.2) is 0 Å². The molecule has 0 unspecified atom stereocenters. The predicted octanol–water partition coefficient (Wildman–Crippen LogP) is 3.23. The Hall–Kier alpha value is -0.440. The van der Waals surface area contributed by atoms with Crippen LogP contribution in [0.15, 0.2) is 0 Å². The highest BCUT2D eigenvalue weighted by Crippen LogP contribution is 2.27. The quantitative estimate of drug-likeness (QED) is 0.465. The molecule has 0 heterocycles. The van der Waals surface area contributed by atoms with Crippen molar-refractivity contribution in [3.8, 4) is 11.8 Å². The largest absolute Gasteiger partial charge is 0.103 e. The van der Waals surface area contributed by atoms with Gasteiger partial charge < -0.3 is 0 Å². The van der Waals surface area contributed by atoms with Crippen molar-refractivity contribution in [1.29, 1.82) is 0 Å². The summed E-state index contributed by atoms with van der Waals surface area (Å²) in [6.45, 7) is 6.83. The van der Waals surface area contributed by atoms with Crippen LogP contribution in [0.5, 0.6) is 0 Å². The third-order valence-electron chi connectivity index (χ3n) is 2.45. The van der Waals surface area contributed by atoms with Crippen LogP contribution in [0.4, 0.5) is 0 Å². The summed E-state index contributed by atoms with van der Waals surface area (Å²) in [6, 6.07) is 0. The standard InChI is InChI=1S/C11H18/c1-10-6-4-5-8-11(2,3)9-7-10/h10H,4,6-7,9H2,1-3H3/t10-/m1/s1. The highest BCUT2D eigenvalue weighted by atomic mass is 14.2. The fraction of sp³-hybridized carbons (Fsp3) is 0.818. The first-order valence-corrected chi connectivity index (χ1v) is 4.60. The highest BCUT2D eigenvalue weighted by Gasteiger charge is 2.16. The highest BCUT2D eigenvalue weighted by molar-refractivity contribution is 5.09. The van der Waals surface area contributed by atoms with Crippen molar-refractivity contribution in [3.05, 3.63) is 0 Å². The van der Waals surface area contributed by atoms with Gasteiger partial charge in [0, 0.05) is 11.8 Å². The lowest BCUT2D eigenvalue weighted by atomic mass is 9.83. The summed E-state index contributed by atoms with van der Waals surface area (Å²) in [5.41, 5.74) is 0.272. The SMILES string of the molecule is C[C@@H]1CCC#CC(C)(C)CC1. The van der Waals surface area contributed by atoms with Gasteiger partial charge >= 0.3 is 0 Å². The molecule has 1 aliphatic rings. The number of rotatable bonds is 0. The molecule has 0 heteroatoms. The Morgan fingerprint density at radius 1 is 1.27 bits per heavy atom. The molecule has 0 aromatic rings. The van der Waals surface area contributed by atoms with E-state index in [1.54, 1.807) is 0 Å². The van der Waals surface area contributed by atoms with Crippen molar-refractivity contribution >= 4 is 0 Å². The van der Waals surface area contributed by atoms with Gasteiger partial charge in [0.05, 0.1) is 0 Å². The molecule has 0 nitrogen and oxygen atoms in total. The van der Waals surface area contributed by atoms with Crippen molar-refractivity contribution in [2.24, 2.45) is 11.3 Å². The van der Waals surface area contributed by atoms with Gasteiger partial charge in [-0.15, -0.1) is 5.92 Å². The maximum Gasteiger partial charge on any atom is 0.0258 e. The van der Waals surface area contributed by atoms with E-state index in [0.717, 1.165) is 12.3 Å². The zero-order valence-electron chi connectivity index (χ0n) is 7.91. The van der Waals surface area contributed by atoms with Gasteiger partial charge in [-0.25, -0.2) is 0 Å². The van der Waals surface area contributed by atoms with E-state index in [-0.39, 0.29) is 5.41 Å². The van der Waals surface area contributed by atoms with Crippen LogP contribution in [0.1, 0.15) is 46.5 Å². The molecular formula is C11H18. The molecular weight excluding hydrogens is 132 g/mol. The lowest BCUT2D eigenvalue weighted by molar-refractivity contribution is 0.368. The van der Waals surface area contributed by atoms with Crippen molar-refractivity contribution in [1.82, 2.24) is 0 Å². The minimum Gasteiger partial charge on any atom is -0.103 e. The van der Waals surface area contributed by atoms with E-state index in [1.807, 2.05) is 0 Å². The van der Waals surface area contributed by atoms with Crippen LogP contribution in [0.25, 0.3) is 0 Å². The number of hydrogen-bond acceptors (Lipinski definition) is 0. The van der Waals surface area contributed by atoms with Gasteiger partial charge in [0.2, 0.25) is 0 Å². The Kier molecular flexibility index (Phi) is 2.60. The maximum absolute atomic E-state index is 3.33. The van der Waals surface area contributed by atoms with Crippen LogP contribution in [0.2, 0.25) is 0 Å². The third kappa shape index (κ3) is 2.97. The monoisotopic (exact) mass is 150 g/mol. The number of hydrogen-bond donors (Lipinski definition) is 0. The first-order chi connectivity index (χ1) is 5.10. The van der Waals surface area contributed by atoms with E-state index in [2.05, 4.69) is 32.6 Å². The Balaban J connectivity index is 2.59. The molecule has 0 bridgehead atoms. The summed E-state index contributed by atoms with van der Waals surface area (Å²) >= 11 is 0. The summed E-state index contributed by atoms with van der Waals surface area (Å²) in [5.74, 6) is 7.47. The van der Waals surface area contributed by atoms with E-state index < -0.39 is 0 Å². The lowest BCUT2D eigenvalue weighted by Crippen LogP contribution is -2.12. The lowest BCUT2D eigenvalue weighted by Gasteiger charge is -2.21. The topological polar surface area (TPSA) is 0 Å². The summed E-state index contributed by atoms with van der Waals surface area (Å²) < 4.78 is 0. The Morgan fingerprint density at radius 2 is 2.00 bits per heavy atom. The molecule has 62 valence electrons. The molecule has 1 aliphatic carbocycles. The van der Waals surface area contributed by atoms with Crippen molar-refractivity contribution in [3.63, 3.8) is 0 Å². The molecule has 0 aliphatic heterocycles. The Labute approximate surface area is 70.4 Å². The smallest absolute Gasteiger partial charge is 0.0258 e. The Morgan fingerprint density at radius 3 is 2.73 bits per heavy atom. The van der Waals surface area contributed by atoms with E-state index in [4.69, 9.17) is 0 Å². The van der Waals surface area contributed by atoms with E-state index in [1.165, 1.54) is 19.3 Å². The van der Waals surface area contributed by atoms with Crippen LogP contribution in [-0.2, 0) is 0 Å². The molecule has 1 rings (SSSR count). The van der Waals surface area contributed by atoms with Crippen LogP contribution in [0.3, 0.4) is 0 Å². The predicted molar refractivity (Wildman–Crippen MR) is 49.2 cm³/mol. The average Bonchev–Trinajstić information content (AvgIpc) is 1.92. The second-order valence-electron chi connectivity index (χ2n) is 4.37. The van der Waals surface area contributed by atoms with Gasteiger partial charge in [-0.3, -0.25) is 0 Å². The summed E-state index contributed by atoms with van der Waals surface area (Å²) in [4.78, 5) is 0. The molecule has 0 spiro atoms. The van der Waals surface area contributed by atoms with Crippen LogP contribution >= 0.6 is 0 Å². The molecule has 0 aromatic carbocycles. The molecule has 0 amide bonds. The molecule has 0 aromatic heterocycles. The second-order valence-corrected chi connectivity index (χ2v) is 4.37. The van der Waals surface area contributed by atoms with Crippen molar-refractivity contribution < 1.29 is 0 Å². The summed E-state index contributed by atoms with van der Waals surface area (Å²) in [5, 5.41) is 0. The maximum atomic E-state index is 3.33. The fourth-order valence-corrected chi connectivity index (χ4v) is 1.43. The van der Waals surface area contributed by atoms with Gasteiger partial charge in [-0.05, 0) is 39.0 Å². The first kappa shape index (κ1) is 8.65. The second kappa shape index (κ2) is 3.30. The van der Waals surface area contributed by atoms with Gasteiger partial charge in [-0.2, -0.15) is 0 Å². The van der Waals surface area contributed by atoms with Crippen LogP contribution in [0, 0.1) is 23.2 Å². The average molecular weight is 150 g/mol. The molecule has 0 radical (unpaired) electrons. The van der Waals surface area contributed by atoms with E-state index in [0.29, 0.717) is 0 Å². The van der Waals surface area contributed by atoms with Gasteiger partial charge in [0.1, 0.15) is 0 Å². The Bertz CT molecular complexity index is 178. The zero-order chi connectivity index (χ0) is 8.32. The minimum atomic E-state index is 0.272. The van der Waals surface area contributed by atoms with Gasteiger partial charge in [0.15, 0.2) is 0 Å². The molecule has 0 N–H and O–H groups in total. The summed E-state index contributed by atoms with van der Waals surface area (Å²) in [6.07, 6.45) is 5.01. The van der Waals surface area contributed by atoms with Gasteiger partial charge in [-0.1, -0.05) is 12.8 Å². The minimum absolute atomic E-state index is 0.272. The van der Waals surface area contributed by atoms with Gasteiger partial charge in [0.25, 0.3) is 0 Å². The molecule has 1 atom stereocenters. The molecule has 0 saturated carbocycles. The van der Waals surface area contributed by atoms with E-state index >= 15 is 0 Å². The van der Waals surface area contributed by atoms with Crippen molar-refractivity contribution in [2.75, 3.05) is 0 Å². The third-order valence-corrected chi connectivity index (χ3v) is 2.45. The van der Waals surface area contributed by atoms with E-state index in [9.17, 15) is 0 Å². The normalized spacial score (nSPS) is 29.5. The fourth-order valence-electron chi connectivity index (χ4n) is 1.43. The van der Waals surface area contributed by atoms with Crippen molar-refractivity contribution in [2.45, 2.75) is 46.5 Å². The van der Waals surface area contributed by atoms with Crippen LogP contribution < -0.4 is 0 Å². The molecule has 0 fully saturated rings. The molecule has 0 saturated heterocycles. The summed E-state index contributed by atoms with van der Waals surface area (Å²) in [7, 11) is 0.